The maximum absolute atomic E-state index is 13.1. The summed E-state index contributed by atoms with van der Waals surface area (Å²) in [5, 5.41) is 19.2. The van der Waals surface area contributed by atoms with E-state index in [4.69, 9.17) is 0 Å². The van der Waals surface area contributed by atoms with Crippen molar-refractivity contribution >= 4 is 27.6 Å². The van der Waals surface area contributed by atoms with Crippen molar-refractivity contribution in [3.8, 4) is 11.3 Å². The predicted molar refractivity (Wildman–Crippen MR) is 114 cm³/mol. The molecule has 148 valence electrons. The van der Waals surface area contributed by atoms with Gasteiger partial charge in [-0.3, -0.25) is 19.9 Å². The number of carbonyl (C=O) groups is 1. The van der Waals surface area contributed by atoms with Crippen LogP contribution < -0.4 is 0 Å². The van der Waals surface area contributed by atoms with Crippen LogP contribution in [0.4, 0.5) is 0 Å². The van der Waals surface area contributed by atoms with Crippen LogP contribution in [0.2, 0.25) is 0 Å². The molecule has 7 nitrogen and oxygen atoms in total. The van der Waals surface area contributed by atoms with E-state index in [9.17, 15) is 9.90 Å². The highest BCUT2D eigenvalue weighted by molar-refractivity contribution is 6.07. The molecule has 0 saturated carbocycles. The molecule has 1 aromatic carbocycles. The lowest BCUT2D eigenvalue weighted by molar-refractivity contribution is 0.0915. The topological polar surface area (TPSA) is 108 Å². The van der Waals surface area contributed by atoms with E-state index in [2.05, 4.69) is 25.1 Å². The smallest absolute Gasteiger partial charge is 0.190 e. The van der Waals surface area contributed by atoms with E-state index < -0.39 is 5.92 Å². The number of H-pyrrole nitrogens is 2. The first kappa shape index (κ1) is 18.2. The Labute approximate surface area is 171 Å². The van der Waals surface area contributed by atoms with E-state index in [-0.39, 0.29) is 12.4 Å². The minimum Gasteiger partial charge on any atom is -0.395 e. The molecule has 0 saturated heterocycles. The highest BCUT2D eigenvalue weighted by atomic mass is 16.3. The summed E-state index contributed by atoms with van der Waals surface area (Å²) < 4.78 is 0. The number of ketones is 1. The van der Waals surface area contributed by atoms with Gasteiger partial charge in [0.1, 0.15) is 5.69 Å². The fourth-order valence-electron chi connectivity index (χ4n) is 3.76. The van der Waals surface area contributed by atoms with Gasteiger partial charge < -0.3 is 10.1 Å². The number of hydrogen-bond acceptors (Lipinski definition) is 5. The van der Waals surface area contributed by atoms with Gasteiger partial charge in [-0.1, -0.05) is 6.07 Å². The Hall–Kier alpha value is -3.84. The second-order valence-corrected chi connectivity index (χ2v) is 7.28. The first-order chi connectivity index (χ1) is 14.6. The van der Waals surface area contributed by atoms with Crippen LogP contribution in [0.5, 0.6) is 0 Å². The van der Waals surface area contributed by atoms with Crippen LogP contribution in [-0.2, 0) is 0 Å². The molecular formula is C23H19N5O2. The fraction of sp³-hybridized carbons (Fsp3) is 0.130. The lowest BCUT2D eigenvalue weighted by Crippen LogP contribution is -2.18. The van der Waals surface area contributed by atoms with E-state index in [0.717, 1.165) is 38.8 Å². The quantitative estimate of drug-likeness (QED) is 0.391. The van der Waals surface area contributed by atoms with Crippen LogP contribution >= 0.6 is 0 Å². The number of hydrogen-bond donors (Lipinski definition) is 3. The Morgan fingerprint density at radius 1 is 1.10 bits per heavy atom. The van der Waals surface area contributed by atoms with Crippen molar-refractivity contribution in [2.24, 2.45) is 0 Å². The second kappa shape index (κ2) is 7.20. The van der Waals surface area contributed by atoms with Crippen molar-refractivity contribution in [2.75, 3.05) is 6.61 Å². The molecule has 0 radical (unpaired) electrons. The molecule has 30 heavy (non-hydrogen) atoms. The zero-order valence-electron chi connectivity index (χ0n) is 16.3. The van der Waals surface area contributed by atoms with Crippen LogP contribution in [0.25, 0.3) is 33.1 Å². The number of rotatable bonds is 5. The van der Waals surface area contributed by atoms with Gasteiger partial charge in [0.05, 0.1) is 29.4 Å². The van der Waals surface area contributed by atoms with Crippen LogP contribution in [0.1, 0.15) is 27.8 Å². The Morgan fingerprint density at radius 2 is 1.93 bits per heavy atom. The predicted octanol–water partition coefficient (Wildman–Crippen LogP) is 3.77. The van der Waals surface area contributed by atoms with Crippen LogP contribution in [0.3, 0.4) is 0 Å². The molecule has 0 aliphatic heterocycles. The molecule has 5 rings (SSSR count). The first-order valence-corrected chi connectivity index (χ1v) is 9.64. The number of aromatic amines is 2. The first-order valence-electron chi connectivity index (χ1n) is 9.64. The molecule has 1 atom stereocenters. The van der Waals surface area contributed by atoms with Crippen LogP contribution in [0.15, 0.2) is 60.9 Å². The molecule has 3 N–H and O–H groups in total. The molecule has 0 bridgehead atoms. The van der Waals surface area contributed by atoms with Gasteiger partial charge in [0.25, 0.3) is 0 Å². The van der Waals surface area contributed by atoms with Gasteiger partial charge in [0, 0.05) is 39.9 Å². The van der Waals surface area contributed by atoms with Crippen LogP contribution in [0, 0.1) is 6.92 Å². The molecule has 5 aromatic rings. The summed E-state index contributed by atoms with van der Waals surface area (Å²) in [5.41, 5.74) is 5.32. The number of benzene rings is 1. The molecule has 4 heterocycles. The number of pyridine rings is 2. The van der Waals surface area contributed by atoms with Gasteiger partial charge in [-0.25, -0.2) is 0 Å². The molecule has 0 fully saturated rings. The van der Waals surface area contributed by atoms with E-state index in [0.29, 0.717) is 11.4 Å². The average Bonchev–Trinajstić information content (AvgIpc) is 3.36. The number of aryl methyl sites for hydroxylation is 1. The van der Waals surface area contributed by atoms with Crippen molar-refractivity contribution in [1.82, 2.24) is 25.1 Å². The number of carbonyl (C=O) groups excluding carboxylic acids is 1. The third-order valence-electron chi connectivity index (χ3n) is 5.29. The number of fused-ring (bicyclic) bond motifs is 2. The molecular weight excluding hydrogens is 378 g/mol. The molecule has 0 unspecified atom stereocenters. The molecule has 0 aliphatic rings. The Morgan fingerprint density at radius 3 is 2.70 bits per heavy atom. The molecule has 0 spiro atoms. The van der Waals surface area contributed by atoms with Gasteiger partial charge in [-0.2, -0.15) is 5.10 Å². The number of aliphatic hydroxyl groups excluding tert-OH is 1. The zero-order valence-corrected chi connectivity index (χ0v) is 16.3. The molecule has 0 aliphatic carbocycles. The van der Waals surface area contributed by atoms with Crippen molar-refractivity contribution in [3.63, 3.8) is 0 Å². The van der Waals surface area contributed by atoms with Gasteiger partial charge in [-0.15, -0.1) is 0 Å². The van der Waals surface area contributed by atoms with Gasteiger partial charge in [0.15, 0.2) is 5.78 Å². The lowest BCUT2D eigenvalue weighted by Gasteiger charge is -2.12. The number of aliphatic hydroxyl groups is 1. The van der Waals surface area contributed by atoms with Crippen molar-refractivity contribution in [1.29, 1.82) is 0 Å². The van der Waals surface area contributed by atoms with Crippen molar-refractivity contribution in [3.05, 3.63) is 78.0 Å². The number of Topliss-reactive ketones (excluding diaryl/α,β-unsaturated/α-hetero) is 1. The van der Waals surface area contributed by atoms with Gasteiger partial charge in [-0.05, 0) is 49.4 Å². The van der Waals surface area contributed by atoms with E-state index >= 15 is 0 Å². The highest BCUT2D eigenvalue weighted by Crippen LogP contribution is 2.30. The second-order valence-electron chi connectivity index (χ2n) is 7.28. The van der Waals surface area contributed by atoms with Gasteiger partial charge >= 0.3 is 0 Å². The van der Waals surface area contributed by atoms with E-state index in [1.54, 1.807) is 18.5 Å². The summed E-state index contributed by atoms with van der Waals surface area (Å²) in [4.78, 5) is 24.8. The largest absolute Gasteiger partial charge is 0.395 e. The summed E-state index contributed by atoms with van der Waals surface area (Å²) in [7, 11) is 0. The minimum atomic E-state index is -0.711. The molecule has 4 aromatic heterocycles. The number of aromatic nitrogens is 5. The van der Waals surface area contributed by atoms with Gasteiger partial charge in [0.2, 0.25) is 0 Å². The Kier molecular flexibility index (Phi) is 4.37. The standard InChI is InChI=1S/C23H19N5O2/c1-13-3-2-4-18(25-13)17(12-29)23(30)21-10-15-9-20-16(11-19(15)26-21)22(28-27-20)14-5-7-24-8-6-14/h2-11,17,26,29H,12H2,1H3,(H,27,28)/t17-/m1/s1. The maximum atomic E-state index is 13.1. The summed E-state index contributed by atoms with van der Waals surface area (Å²) >= 11 is 0. The lowest BCUT2D eigenvalue weighted by atomic mass is 9.98. The van der Waals surface area contributed by atoms with E-state index in [1.165, 1.54) is 0 Å². The third-order valence-corrected chi connectivity index (χ3v) is 5.29. The SMILES string of the molecule is Cc1cccc([C@@H](CO)C(=O)c2cc3cc4[nH]nc(-c5ccncc5)c4cc3[nH]2)n1. The van der Waals surface area contributed by atoms with Crippen molar-refractivity contribution < 1.29 is 9.90 Å². The minimum absolute atomic E-state index is 0.192. The number of nitrogens with one attached hydrogen (secondary N) is 2. The van der Waals surface area contributed by atoms with E-state index in [1.807, 2.05) is 49.4 Å². The zero-order chi connectivity index (χ0) is 20.7. The summed E-state index contributed by atoms with van der Waals surface area (Å²) in [6, 6.07) is 15.0. The monoisotopic (exact) mass is 397 g/mol. The van der Waals surface area contributed by atoms with Crippen LogP contribution in [-0.4, -0.2) is 42.6 Å². The highest BCUT2D eigenvalue weighted by Gasteiger charge is 2.24. The Bertz CT molecular complexity index is 1370. The summed E-state index contributed by atoms with van der Waals surface area (Å²) in [6.45, 7) is 1.56. The number of nitrogens with zero attached hydrogens (tertiary/aromatic N) is 3. The average molecular weight is 397 g/mol. The summed E-state index contributed by atoms with van der Waals surface area (Å²) in [6.07, 6.45) is 3.46. The fourth-order valence-corrected chi connectivity index (χ4v) is 3.76. The summed E-state index contributed by atoms with van der Waals surface area (Å²) in [5.74, 6) is -0.903. The molecule has 7 heteroatoms. The Balaban J connectivity index is 1.57. The normalized spacial score (nSPS) is 12.5. The maximum Gasteiger partial charge on any atom is 0.190 e. The third kappa shape index (κ3) is 3.05. The van der Waals surface area contributed by atoms with Crippen molar-refractivity contribution in [2.45, 2.75) is 12.8 Å². The molecule has 0 amide bonds.